The summed E-state index contributed by atoms with van der Waals surface area (Å²) in [6.07, 6.45) is 7.92. The molecule has 0 aromatic carbocycles. The van der Waals surface area contributed by atoms with E-state index in [0.717, 1.165) is 18.7 Å². The van der Waals surface area contributed by atoms with Crippen LogP contribution in [-0.4, -0.2) is 36.1 Å². The van der Waals surface area contributed by atoms with Crippen LogP contribution in [0.2, 0.25) is 0 Å². The summed E-state index contributed by atoms with van der Waals surface area (Å²) < 4.78 is 12.8. The van der Waals surface area contributed by atoms with Gasteiger partial charge in [0.2, 0.25) is 0 Å². The highest BCUT2D eigenvalue weighted by atomic mass is 19.1. The lowest BCUT2D eigenvalue weighted by Gasteiger charge is -2.20. The van der Waals surface area contributed by atoms with Gasteiger partial charge in [0.25, 0.3) is 0 Å². The molecule has 1 aromatic rings. The Balaban J connectivity index is 1.63. The van der Waals surface area contributed by atoms with Gasteiger partial charge in [0.05, 0.1) is 11.9 Å². The summed E-state index contributed by atoms with van der Waals surface area (Å²) in [5.74, 6) is -0.276. The van der Waals surface area contributed by atoms with E-state index in [9.17, 15) is 4.39 Å². The van der Waals surface area contributed by atoms with Gasteiger partial charge in [0, 0.05) is 6.04 Å². The molecule has 1 fully saturated rings. The summed E-state index contributed by atoms with van der Waals surface area (Å²) >= 11 is 0. The van der Waals surface area contributed by atoms with Crippen molar-refractivity contribution in [3.05, 3.63) is 29.8 Å². The number of aromatic nitrogens is 1. The summed E-state index contributed by atoms with van der Waals surface area (Å²) in [5, 5.41) is 3.46. The van der Waals surface area contributed by atoms with Gasteiger partial charge < -0.3 is 10.2 Å². The highest BCUT2D eigenvalue weighted by Crippen LogP contribution is 2.11. The third kappa shape index (κ3) is 5.17. The first kappa shape index (κ1) is 15.4. The van der Waals surface area contributed by atoms with Gasteiger partial charge in [-0.25, -0.2) is 4.39 Å². The van der Waals surface area contributed by atoms with E-state index >= 15 is 0 Å². The quantitative estimate of drug-likeness (QED) is 0.811. The lowest BCUT2D eigenvalue weighted by Crippen LogP contribution is -2.29. The minimum absolute atomic E-state index is 0.180. The SMILES string of the molecule is C[C@@H](NCCCN1CCCCCC1)c1ccc(F)cn1. The Morgan fingerprint density at radius 3 is 2.65 bits per heavy atom. The molecular weight excluding hydrogens is 253 g/mol. The summed E-state index contributed by atoms with van der Waals surface area (Å²) in [5.41, 5.74) is 0.904. The molecule has 1 N–H and O–H groups in total. The molecule has 1 aromatic heterocycles. The highest BCUT2D eigenvalue weighted by molar-refractivity contribution is 5.08. The normalized spacial score (nSPS) is 18.7. The number of halogens is 1. The molecule has 3 nitrogen and oxygen atoms in total. The number of hydrogen-bond donors (Lipinski definition) is 1. The standard InChI is InChI=1S/C16H26FN3/c1-14(16-8-7-15(17)13-19-16)18-9-6-12-20-10-4-2-3-5-11-20/h7-8,13-14,18H,2-6,9-12H2,1H3/t14-/m1/s1. The van der Waals surface area contributed by atoms with Crippen molar-refractivity contribution in [2.45, 2.75) is 45.1 Å². The molecule has 0 spiro atoms. The topological polar surface area (TPSA) is 28.2 Å². The first-order valence-electron chi connectivity index (χ1n) is 7.83. The van der Waals surface area contributed by atoms with Crippen molar-refractivity contribution in [3.63, 3.8) is 0 Å². The van der Waals surface area contributed by atoms with Crippen LogP contribution in [0.5, 0.6) is 0 Å². The van der Waals surface area contributed by atoms with Gasteiger partial charge >= 0.3 is 0 Å². The van der Waals surface area contributed by atoms with Crippen LogP contribution < -0.4 is 5.32 Å². The summed E-state index contributed by atoms with van der Waals surface area (Å²) in [7, 11) is 0. The Morgan fingerprint density at radius 2 is 2.00 bits per heavy atom. The fourth-order valence-electron chi connectivity index (χ4n) is 2.73. The molecule has 1 aliphatic rings. The molecule has 0 radical (unpaired) electrons. The number of nitrogens with zero attached hydrogens (tertiary/aromatic N) is 2. The van der Waals surface area contributed by atoms with E-state index in [4.69, 9.17) is 0 Å². The average Bonchev–Trinajstić information content (AvgIpc) is 2.73. The second-order valence-electron chi connectivity index (χ2n) is 5.69. The third-order valence-corrected chi connectivity index (χ3v) is 3.99. The van der Waals surface area contributed by atoms with Crippen LogP contribution in [-0.2, 0) is 0 Å². The van der Waals surface area contributed by atoms with Crippen molar-refractivity contribution in [3.8, 4) is 0 Å². The van der Waals surface area contributed by atoms with Crippen LogP contribution in [0.1, 0.15) is 50.8 Å². The summed E-state index contributed by atoms with van der Waals surface area (Å²) in [6.45, 7) is 6.75. The molecule has 1 aliphatic heterocycles. The molecule has 1 atom stereocenters. The average molecular weight is 279 g/mol. The van der Waals surface area contributed by atoms with Crippen molar-refractivity contribution in [1.29, 1.82) is 0 Å². The lowest BCUT2D eigenvalue weighted by atomic mass is 10.2. The Morgan fingerprint density at radius 1 is 1.25 bits per heavy atom. The molecule has 0 bridgehead atoms. The van der Waals surface area contributed by atoms with E-state index in [-0.39, 0.29) is 11.9 Å². The molecular formula is C16H26FN3. The van der Waals surface area contributed by atoms with E-state index in [1.807, 2.05) is 0 Å². The van der Waals surface area contributed by atoms with Crippen LogP contribution in [0, 0.1) is 5.82 Å². The van der Waals surface area contributed by atoms with E-state index < -0.39 is 0 Å². The first-order chi connectivity index (χ1) is 9.75. The van der Waals surface area contributed by atoms with E-state index in [1.54, 1.807) is 6.07 Å². The van der Waals surface area contributed by atoms with Crippen LogP contribution in [0.4, 0.5) is 4.39 Å². The molecule has 2 heterocycles. The highest BCUT2D eigenvalue weighted by Gasteiger charge is 2.09. The number of pyridine rings is 1. The molecule has 112 valence electrons. The predicted molar refractivity (Wildman–Crippen MR) is 80.1 cm³/mol. The van der Waals surface area contributed by atoms with Gasteiger partial charge in [-0.1, -0.05) is 12.8 Å². The minimum Gasteiger partial charge on any atom is -0.309 e. The fourth-order valence-corrected chi connectivity index (χ4v) is 2.73. The second kappa shape index (κ2) is 8.32. The molecule has 0 unspecified atom stereocenters. The number of likely N-dealkylation sites (tertiary alicyclic amines) is 1. The Bertz CT molecular complexity index is 372. The molecule has 1 saturated heterocycles. The largest absolute Gasteiger partial charge is 0.309 e. The van der Waals surface area contributed by atoms with Gasteiger partial charge in [-0.15, -0.1) is 0 Å². The van der Waals surface area contributed by atoms with Crippen molar-refractivity contribution in [2.75, 3.05) is 26.2 Å². The van der Waals surface area contributed by atoms with Crippen molar-refractivity contribution >= 4 is 0 Å². The molecule has 4 heteroatoms. The van der Waals surface area contributed by atoms with E-state index in [2.05, 4.69) is 22.1 Å². The van der Waals surface area contributed by atoms with E-state index in [1.165, 1.54) is 57.6 Å². The van der Waals surface area contributed by atoms with Crippen LogP contribution in [0.3, 0.4) is 0 Å². The Hall–Kier alpha value is -1.00. The van der Waals surface area contributed by atoms with Gasteiger partial charge in [-0.2, -0.15) is 0 Å². The Kier molecular flexibility index (Phi) is 6.40. The first-order valence-corrected chi connectivity index (χ1v) is 7.83. The zero-order valence-corrected chi connectivity index (χ0v) is 12.4. The second-order valence-corrected chi connectivity index (χ2v) is 5.69. The Labute approximate surface area is 121 Å². The van der Waals surface area contributed by atoms with Gasteiger partial charge in [0.15, 0.2) is 0 Å². The third-order valence-electron chi connectivity index (χ3n) is 3.99. The molecule has 0 aliphatic carbocycles. The van der Waals surface area contributed by atoms with E-state index in [0.29, 0.717) is 0 Å². The number of hydrogen-bond acceptors (Lipinski definition) is 3. The van der Waals surface area contributed by atoms with Gasteiger partial charge in [-0.3, -0.25) is 4.98 Å². The van der Waals surface area contributed by atoms with Crippen LogP contribution >= 0.6 is 0 Å². The fraction of sp³-hybridized carbons (Fsp3) is 0.688. The molecule has 2 rings (SSSR count). The maximum atomic E-state index is 12.8. The van der Waals surface area contributed by atoms with Gasteiger partial charge in [-0.05, 0) is 64.5 Å². The van der Waals surface area contributed by atoms with Gasteiger partial charge in [0.1, 0.15) is 5.82 Å². The molecule has 0 saturated carbocycles. The van der Waals surface area contributed by atoms with Crippen LogP contribution in [0.15, 0.2) is 18.3 Å². The minimum atomic E-state index is -0.276. The van der Waals surface area contributed by atoms with Crippen molar-refractivity contribution in [1.82, 2.24) is 15.2 Å². The number of nitrogens with one attached hydrogen (secondary N) is 1. The zero-order valence-electron chi connectivity index (χ0n) is 12.4. The monoisotopic (exact) mass is 279 g/mol. The maximum absolute atomic E-state index is 12.8. The maximum Gasteiger partial charge on any atom is 0.141 e. The van der Waals surface area contributed by atoms with Crippen molar-refractivity contribution < 1.29 is 4.39 Å². The summed E-state index contributed by atoms with van der Waals surface area (Å²) in [4.78, 5) is 6.69. The predicted octanol–water partition coefficient (Wildman–Crippen LogP) is 3.14. The number of rotatable bonds is 6. The smallest absolute Gasteiger partial charge is 0.141 e. The lowest BCUT2D eigenvalue weighted by molar-refractivity contribution is 0.278. The molecule has 0 amide bonds. The van der Waals surface area contributed by atoms with Crippen LogP contribution in [0.25, 0.3) is 0 Å². The molecule has 20 heavy (non-hydrogen) atoms. The van der Waals surface area contributed by atoms with Crippen molar-refractivity contribution in [2.24, 2.45) is 0 Å². The zero-order chi connectivity index (χ0) is 14.2. The summed E-state index contributed by atoms with van der Waals surface area (Å²) in [6, 6.07) is 3.40.